The SMILES string of the molecule is COc1ccc(CN2CCN(c3ccc(-c4nc(Nc5cc(C)[nH]n5)c5ccccc5n4)cn3)CC2C2CC2)cn1. The zero-order valence-corrected chi connectivity index (χ0v) is 23.3. The van der Waals surface area contributed by atoms with Gasteiger partial charge in [-0.25, -0.2) is 19.9 Å². The van der Waals surface area contributed by atoms with E-state index in [2.05, 4.69) is 48.5 Å². The van der Waals surface area contributed by atoms with Crippen molar-refractivity contribution in [3.8, 4) is 17.3 Å². The highest BCUT2D eigenvalue weighted by Gasteiger charge is 2.39. The van der Waals surface area contributed by atoms with Crippen LogP contribution >= 0.6 is 0 Å². The maximum atomic E-state index is 5.22. The van der Waals surface area contributed by atoms with Gasteiger partial charge in [-0.1, -0.05) is 18.2 Å². The van der Waals surface area contributed by atoms with Gasteiger partial charge in [-0.15, -0.1) is 0 Å². The van der Waals surface area contributed by atoms with Crippen molar-refractivity contribution in [1.29, 1.82) is 0 Å². The van der Waals surface area contributed by atoms with E-state index in [9.17, 15) is 0 Å². The fraction of sp³-hybridized carbons (Fsp3) is 0.323. The number of anilines is 3. The number of para-hydroxylation sites is 1. The first-order chi connectivity index (χ1) is 20.1. The highest BCUT2D eigenvalue weighted by molar-refractivity contribution is 5.91. The minimum Gasteiger partial charge on any atom is -0.481 e. The zero-order valence-electron chi connectivity index (χ0n) is 23.3. The maximum absolute atomic E-state index is 5.22. The van der Waals surface area contributed by atoms with E-state index in [1.807, 2.05) is 55.7 Å². The molecule has 1 aliphatic heterocycles. The smallest absolute Gasteiger partial charge is 0.212 e. The van der Waals surface area contributed by atoms with Crippen molar-refractivity contribution in [1.82, 2.24) is 35.0 Å². The standard InChI is InChI=1S/C31H33N9O/c1-20-15-27(38-37-20)35-31-24-5-3-4-6-25(24)34-30(36-31)23-10-11-28(32-17-23)40-14-13-39(26(19-40)22-8-9-22)18-21-7-12-29(41-2)33-16-21/h3-7,10-12,15-17,22,26H,8-9,13-14,18-19H2,1-2H3,(H2,34,35,36,37,38). The van der Waals surface area contributed by atoms with Gasteiger partial charge in [0.15, 0.2) is 11.6 Å². The lowest BCUT2D eigenvalue weighted by Crippen LogP contribution is -2.54. The van der Waals surface area contributed by atoms with Crippen LogP contribution in [-0.4, -0.2) is 67.8 Å². The van der Waals surface area contributed by atoms with Gasteiger partial charge in [0.1, 0.15) is 11.6 Å². The van der Waals surface area contributed by atoms with Gasteiger partial charge in [0, 0.05) is 73.4 Å². The molecule has 2 N–H and O–H groups in total. The number of pyridine rings is 2. The van der Waals surface area contributed by atoms with Crippen LogP contribution < -0.4 is 15.0 Å². The molecule has 1 saturated carbocycles. The summed E-state index contributed by atoms with van der Waals surface area (Å²) in [6, 6.07) is 18.7. The van der Waals surface area contributed by atoms with Gasteiger partial charge < -0.3 is 15.0 Å². The second-order valence-corrected chi connectivity index (χ2v) is 10.9. The number of aromatic amines is 1. The van der Waals surface area contributed by atoms with Crippen molar-refractivity contribution in [2.45, 2.75) is 32.4 Å². The predicted molar refractivity (Wildman–Crippen MR) is 159 cm³/mol. The van der Waals surface area contributed by atoms with Crippen LogP contribution in [0, 0.1) is 12.8 Å². The molecule has 10 heteroatoms. The Morgan fingerprint density at radius 1 is 1.00 bits per heavy atom. The molecule has 1 saturated heterocycles. The molecule has 0 spiro atoms. The average molecular weight is 548 g/mol. The van der Waals surface area contributed by atoms with Crippen LogP contribution in [-0.2, 0) is 6.54 Å². The Hall–Kier alpha value is -4.57. The maximum Gasteiger partial charge on any atom is 0.212 e. The van der Waals surface area contributed by atoms with Crippen molar-refractivity contribution in [3.05, 3.63) is 78.2 Å². The highest BCUT2D eigenvalue weighted by atomic mass is 16.5. The zero-order chi connectivity index (χ0) is 27.8. The third kappa shape index (κ3) is 5.43. The largest absolute Gasteiger partial charge is 0.481 e. The number of fused-ring (bicyclic) bond motifs is 1. The summed E-state index contributed by atoms with van der Waals surface area (Å²) in [6.07, 6.45) is 6.43. The summed E-state index contributed by atoms with van der Waals surface area (Å²) in [4.78, 5) is 24.0. The molecule has 2 aliphatic rings. The summed E-state index contributed by atoms with van der Waals surface area (Å²) in [5, 5.41) is 11.6. The Morgan fingerprint density at radius 2 is 1.90 bits per heavy atom. The molecule has 5 heterocycles. The number of rotatable bonds is 8. The molecule has 1 atom stereocenters. The average Bonchev–Trinajstić information content (AvgIpc) is 3.78. The summed E-state index contributed by atoms with van der Waals surface area (Å²) in [5.74, 6) is 4.47. The summed E-state index contributed by atoms with van der Waals surface area (Å²) >= 11 is 0. The van der Waals surface area contributed by atoms with E-state index in [0.717, 1.165) is 71.7 Å². The van der Waals surface area contributed by atoms with Crippen LogP contribution in [0.1, 0.15) is 24.1 Å². The first-order valence-corrected chi connectivity index (χ1v) is 14.1. The van der Waals surface area contributed by atoms with Crippen molar-refractivity contribution in [2.24, 2.45) is 5.92 Å². The van der Waals surface area contributed by atoms with E-state index in [0.29, 0.717) is 17.7 Å². The highest BCUT2D eigenvalue weighted by Crippen LogP contribution is 2.38. The predicted octanol–water partition coefficient (Wildman–Crippen LogP) is 4.97. The molecule has 1 aromatic carbocycles. The first kappa shape index (κ1) is 25.4. The lowest BCUT2D eigenvalue weighted by molar-refractivity contribution is 0.149. The monoisotopic (exact) mass is 547 g/mol. The Labute approximate surface area is 238 Å². The van der Waals surface area contributed by atoms with Crippen LogP contribution in [0.25, 0.3) is 22.3 Å². The summed E-state index contributed by atoms with van der Waals surface area (Å²) in [6.45, 7) is 5.78. The van der Waals surface area contributed by atoms with Crippen molar-refractivity contribution < 1.29 is 4.74 Å². The first-order valence-electron chi connectivity index (χ1n) is 14.1. The number of piperazine rings is 1. The van der Waals surface area contributed by atoms with Gasteiger partial charge in [0.25, 0.3) is 0 Å². The van der Waals surface area contributed by atoms with Gasteiger partial charge in [-0.05, 0) is 55.5 Å². The Kier molecular flexibility index (Phi) is 6.68. The van der Waals surface area contributed by atoms with E-state index in [1.165, 1.54) is 18.4 Å². The van der Waals surface area contributed by atoms with Crippen molar-refractivity contribution in [3.63, 3.8) is 0 Å². The number of H-pyrrole nitrogens is 1. The van der Waals surface area contributed by atoms with E-state index < -0.39 is 0 Å². The molecule has 0 amide bonds. The quantitative estimate of drug-likeness (QED) is 0.278. The number of nitrogens with one attached hydrogen (secondary N) is 2. The van der Waals surface area contributed by atoms with Gasteiger partial charge >= 0.3 is 0 Å². The fourth-order valence-corrected chi connectivity index (χ4v) is 5.65. The van der Waals surface area contributed by atoms with Crippen molar-refractivity contribution in [2.75, 3.05) is 37.0 Å². The molecule has 7 rings (SSSR count). The van der Waals surface area contributed by atoms with Gasteiger partial charge in [-0.2, -0.15) is 5.10 Å². The summed E-state index contributed by atoms with van der Waals surface area (Å²) in [7, 11) is 1.65. The van der Waals surface area contributed by atoms with Crippen LogP contribution in [0.4, 0.5) is 17.5 Å². The Morgan fingerprint density at radius 3 is 2.63 bits per heavy atom. The number of benzene rings is 1. The fourth-order valence-electron chi connectivity index (χ4n) is 5.65. The minimum absolute atomic E-state index is 0.510. The number of nitrogens with zero attached hydrogens (tertiary/aromatic N) is 7. The number of hydrogen-bond donors (Lipinski definition) is 2. The van der Waals surface area contributed by atoms with Gasteiger partial charge in [0.2, 0.25) is 5.88 Å². The third-order valence-corrected chi connectivity index (χ3v) is 7.98. The normalized spacial score (nSPS) is 17.6. The summed E-state index contributed by atoms with van der Waals surface area (Å²) in [5.41, 5.74) is 3.95. The molecule has 1 aliphatic carbocycles. The molecule has 208 valence electrons. The second kappa shape index (κ2) is 10.8. The topological polar surface area (TPSA) is 108 Å². The molecule has 10 nitrogen and oxygen atoms in total. The van der Waals surface area contributed by atoms with E-state index in [4.69, 9.17) is 19.7 Å². The number of methoxy groups -OCH3 is 1. The molecule has 2 fully saturated rings. The third-order valence-electron chi connectivity index (χ3n) is 7.98. The van der Waals surface area contributed by atoms with Gasteiger partial charge in [0.05, 0.1) is 12.6 Å². The lowest BCUT2D eigenvalue weighted by atomic mass is 10.1. The molecule has 0 bridgehead atoms. The molecule has 4 aromatic heterocycles. The van der Waals surface area contributed by atoms with E-state index in [-0.39, 0.29) is 0 Å². The number of aromatic nitrogens is 6. The number of hydrogen-bond acceptors (Lipinski definition) is 9. The minimum atomic E-state index is 0.510. The second-order valence-electron chi connectivity index (χ2n) is 10.9. The molecule has 1 unspecified atom stereocenters. The molecular formula is C31H33N9O. The van der Waals surface area contributed by atoms with Crippen LogP contribution in [0.3, 0.4) is 0 Å². The number of ether oxygens (including phenoxy) is 1. The lowest BCUT2D eigenvalue weighted by Gasteiger charge is -2.42. The molecule has 41 heavy (non-hydrogen) atoms. The van der Waals surface area contributed by atoms with Crippen LogP contribution in [0.5, 0.6) is 5.88 Å². The van der Waals surface area contributed by atoms with Crippen molar-refractivity contribution >= 4 is 28.4 Å². The van der Waals surface area contributed by atoms with Gasteiger partial charge in [-0.3, -0.25) is 10.00 Å². The summed E-state index contributed by atoms with van der Waals surface area (Å²) < 4.78 is 5.22. The molecule has 5 aromatic rings. The van der Waals surface area contributed by atoms with E-state index >= 15 is 0 Å². The van der Waals surface area contributed by atoms with Crippen LogP contribution in [0.2, 0.25) is 0 Å². The molecule has 0 radical (unpaired) electrons. The van der Waals surface area contributed by atoms with Crippen LogP contribution in [0.15, 0.2) is 67.0 Å². The number of aryl methyl sites for hydroxylation is 1. The molecular weight excluding hydrogens is 514 g/mol. The Bertz CT molecular complexity index is 1650. The Balaban J connectivity index is 1.09. The van der Waals surface area contributed by atoms with E-state index in [1.54, 1.807) is 7.11 Å².